The molecule has 0 bridgehead atoms. The zero-order valence-corrected chi connectivity index (χ0v) is 17.8. The normalized spacial score (nSPS) is 11.1. The van der Waals surface area contributed by atoms with Crippen molar-refractivity contribution in [2.45, 2.75) is 38.5 Å². The number of ether oxygens (including phenoxy) is 1. The van der Waals surface area contributed by atoms with E-state index in [1.54, 1.807) is 18.3 Å². The van der Waals surface area contributed by atoms with Crippen LogP contribution in [0.5, 0.6) is 5.75 Å². The molecule has 154 valence electrons. The minimum atomic E-state index is -0.455. The topological polar surface area (TPSA) is 93.8 Å². The van der Waals surface area contributed by atoms with E-state index in [-0.39, 0.29) is 17.3 Å². The van der Waals surface area contributed by atoms with Crippen LogP contribution in [0.2, 0.25) is 0 Å². The second-order valence-electron chi connectivity index (χ2n) is 6.67. The van der Waals surface area contributed by atoms with Gasteiger partial charge in [-0.3, -0.25) is 14.9 Å². The van der Waals surface area contributed by atoms with Crippen LogP contribution in [-0.4, -0.2) is 29.4 Å². The van der Waals surface area contributed by atoms with E-state index >= 15 is 0 Å². The van der Waals surface area contributed by atoms with E-state index in [0.717, 1.165) is 27.3 Å². The van der Waals surface area contributed by atoms with E-state index in [1.807, 2.05) is 26.0 Å². The molecule has 0 saturated carbocycles. The number of amides is 1. The Kier molecular flexibility index (Phi) is 8.21. The predicted molar refractivity (Wildman–Crippen MR) is 116 cm³/mol. The molecule has 0 radical (unpaired) electrons. The van der Waals surface area contributed by atoms with Gasteiger partial charge in [0.1, 0.15) is 5.75 Å². The van der Waals surface area contributed by atoms with Crippen LogP contribution >= 0.6 is 11.8 Å². The van der Waals surface area contributed by atoms with Gasteiger partial charge < -0.3 is 4.74 Å². The number of nitrogens with one attached hydrogen (secondary N) is 1. The number of rotatable bonds is 9. The molecule has 0 atom stereocenters. The van der Waals surface area contributed by atoms with Crippen LogP contribution in [0, 0.1) is 17.0 Å². The quantitative estimate of drug-likeness (QED) is 0.278. The number of hydrogen-bond acceptors (Lipinski definition) is 6. The number of nitro benzene ring substituents is 1. The number of carbonyl (C=O) groups is 1. The molecule has 1 amide bonds. The first kappa shape index (κ1) is 22.4. The summed E-state index contributed by atoms with van der Waals surface area (Å²) < 4.78 is 5.72. The molecule has 2 aromatic carbocycles. The molecule has 0 spiro atoms. The van der Waals surface area contributed by atoms with Crippen molar-refractivity contribution in [3.8, 4) is 5.75 Å². The third-order valence-electron chi connectivity index (χ3n) is 4.13. The number of thioether (sulfide) groups is 1. The standard InChI is InChI=1S/C21H25N3O4S/c1-5-28-20-10-15(4)16(11-19(20)14(2)3)12-22-23-21(25)13-29-18-8-6-17(7-9-18)24(26)27/h6-12,14H,5,13H2,1-4H3,(H,23,25)/b22-12-. The number of hydrazone groups is 1. The highest BCUT2D eigenvalue weighted by Crippen LogP contribution is 2.29. The van der Waals surface area contributed by atoms with Crippen LogP contribution in [0.15, 0.2) is 46.4 Å². The molecule has 0 aliphatic carbocycles. The van der Waals surface area contributed by atoms with Crippen LogP contribution in [-0.2, 0) is 4.79 Å². The monoisotopic (exact) mass is 415 g/mol. The molecule has 2 aromatic rings. The van der Waals surface area contributed by atoms with Gasteiger partial charge in [-0.25, -0.2) is 5.43 Å². The molecular formula is C21H25N3O4S. The summed E-state index contributed by atoms with van der Waals surface area (Å²) in [7, 11) is 0. The fraction of sp³-hybridized carbons (Fsp3) is 0.333. The van der Waals surface area contributed by atoms with Gasteiger partial charge in [-0.1, -0.05) is 13.8 Å². The smallest absolute Gasteiger partial charge is 0.269 e. The third kappa shape index (κ3) is 6.60. The summed E-state index contributed by atoms with van der Waals surface area (Å²) in [6, 6.07) is 10.1. The summed E-state index contributed by atoms with van der Waals surface area (Å²) in [6.45, 7) is 8.74. The van der Waals surface area contributed by atoms with Crippen LogP contribution in [0.25, 0.3) is 0 Å². The first-order valence-electron chi connectivity index (χ1n) is 9.28. The Hall–Kier alpha value is -2.87. The molecule has 2 rings (SSSR count). The number of carbonyl (C=O) groups excluding carboxylic acids is 1. The van der Waals surface area contributed by atoms with Gasteiger partial charge in [-0.05, 0) is 60.7 Å². The van der Waals surface area contributed by atoms with Gasteiger partial charge in [0.25, 0.3) is 5.69 Å². The van der Waals surface area contributed by atoms with Gasteiger partial charge >= 0.3 is 0 Å². The van der Waals surface area contributed by atoms with E-state index in [9.17, 15) is 14.9 Å². The SMILES string of the molecule is CCOc1cc(C)c(/C=N\NC(=O)CSc2ccc([N+](=O)[O-])cc2)cc1C(C)C. The van der Waals surface area contributed by atoms with Crippen molar-refractivity contribution in [1.29, 1.82) is 0 Å². The zero-order valence-electron chi connectivity index (χ0n) is 17.0. The molecule has 0 fully saturated rings. The first-order valence-corrected chi connectivity index (χ1v) is 10.3. The van der Waals surface area contributed by atoms with E-state index in [4.69, 9.17) is 4.74 Å². The Balaban J connectivity index is 1.95. The van der Waals surface area contributed by atoms with Crippen molar-refractivity contribution in [2.75, 3.05) is 12.4 Å². The second-order valence-corrected chi connectivity index (χ2v) is 7.72. The van der Waals surface area contributed by atoms with Crippen molar-refractivity contribution in [3.05, 3.63) is 63.2 Å². The molecule has 8 heteroatoms. The molecule has 7 nitrogen and oxygen atoms in total. The Morgan fingerprint density at radius 2 is 2.00 bits per heavy atom. The Morgan fingerprint density at radius 1 is 1.31 bits per heavy atom. The zero-order chi connectivity index (χ0) is 21.4. The lowest BCUT2D eigenvalue weighted by atomic mass is 9.97. The molecule has 0 heterocycles. The number of hydrogen-bond donors (Lipinski definition) is 1. The fourth-order valence-electron chi connectivity index (χ4n) is 2.61. The highest BCUT2D eigenvalue weighted by atomic mass is 32.2. The van der Waals surface area contributed by atoms with Crippen LogP contribution in [0.3, 0.4) is 0 Å². The molecular weight excluding hydrogens is 390 g/mol. The van der Waals surface area contributed by atoms with Crippen LogP contribution in [0.4, 0.5) is 5.69 Å². The van der Waals surface area contributed by atoms with Crippen molar-refractivity contribution in [1.82, 2.24) is 5.43 Å². The number of nitro groups is 1. The first-order chi connectivity index (χ1) is 13.8. The number of non-ortho nitro benzene ring substituents is 1. The van der Waals surface area contributed by atoms with Gasteiger partial charge in [0.15, 0.2) is 0 Å². The fourth-order valence-corrected chi connectivity index (χ4v) is 3.30. The maximum absolute atomic E-state index is 12.0. The van der Waals surface area contributed by atoms with Crippen LogP contribution in [0.1, 0.15) is 43.4 Å². The van der Waals surface area contributed by atoms with Gasteiger partial charge in [0, 0.05) is 17.0 Å². The van der Waals surface area contributed by atoms with E-state index in [2.05, 4.69) is 24.4 Å². The average molecular weight is 416 g/mol. The van der Waals surface area contributed by atoms with Crippen molar-refractivity contribution in [3.63, 3.8) is 0 Å². The molecule has 0 saturated heterocycles. The summed E-state index contributed by atoms with van der Waals surface area (Å²) in [5.74, 6) is 1.09. The van der Waals surface area contributed by atoms with E-state index in [0.29, 0.717) is 12.5 Å². The summed E-state index contributed by atoms with van der Waals surface area (Å²) in [6.07, 6.45) is 1.63. The second kappa shape index (κ2) is 10.6. The molecule has 1 N–H and O–H groups in total. The van der Waals surface area contributed by atoms with E-state index < -0.39 is 4.92 Å². The maximum atomic E-state index is 12.0. The molecule has 0 aliphatic heterocycles. The van der Waals surface area contributed by atoms with Gasteiger partial charge in [0.05, 0.1) is 23.5 Å². The Labute approximate surface area is 174 Å². The van der Waals surface area contributed by atoms with Crippen molar-refractivity contribution < 1.29 is 14.5 Å². The minimum absolute atomic E-state index is 0.0230. The van der Waals surface area contributed by atoms with Gasteiger partial charge in [-0.2, -0.15) is 5.10 Å². The largest absolute Gasteiger partial charge is 0.494 e. The average Bonchev–Trinajstić information content (AvgIpc) is 2.68. The lowest BCUT2D eigenvalue weighted by molar-refractivity contribution is -0.384. The summed E-state index contributed by atoms with van der Waals surface area (Å²) in [5, 5.41) is 14.7. The Morgan fingerprint density at radius 3 is 2.59 bits per heavy atom. The minimum Gasteiger partial charge on any atom is -0.494 e. The Bertz CT molecular complexity index is 896. The molecule has 0 aromatic heterocycles. The molecule has 29 heavy (non-hydrogen) atoms. The third-order valence-corrected chi connectivity index (χ3v) is 5.14. The van der Waals surface area contributed by atoms with Gasteiger partial charge in [-0.15, -0.1) is 11.8 Å². The van der Waals surface area contributed by atoms with E-state index in [1.165, 1.54) is 23.9 Å². The lowest BCUT2D eigenvalue weighted by Gasteiger charge is -2.15. The lowest BCUT2D eigenvalue weighted by Crippen LogP contribution is -2.19. The van der Waals surface area contributed by atoms with Gasteiger partial charge in [0.2, 0.25) is 5.91 Å². The van der Waals surface area contributed by atoms with Crippen LogP contribution < -0.4 is 10.2 Å². The summed E-state index contributed by atoms with van der Waals surface area (Å²) >= 11 is 1.29. The van der Waals surface area contributed by atoms with Crippen molar-refractivity contribution in [2.24, 2.45) is 5.10 Å². The predicted octanol–water partition coefficient (Wildman–Crippen LogP) is 4.67. The molecule has 0 unspecified atom stereocenters. The number of nitrogens with zero attached hydrogens (tertiary/aromatic N) is 2. The maximum Gasteiger partial charge on any atom is 0.269 e. The number of benzene rings is 2. The number of aryl methyl sites for hydroxylation is 1. The molecule has 0 aliphatic rings. The summed E-state index contributed by atoms with van der Waals surface area (Å²) in [4.78, 5) is 23.0. The van der Waals surface area contributed by atoms with Crippen molar-refractivity contribution >= 4 is 29.6 Å². The summed E-state index contributed by atoms with van der Waals surface area (Å²) in [5.41, 5.74) is 5.56. The highest BCUT2D eigenvalue weighted by molar-refractivity contribution is 8.00. The highest BCUT2D eigenvalue weighted by Gasteiger charge is 2.11.